The minimum Gasteiger partial charge on any atom is -0.493 e. The van der Waals surface area contributed by atoms with Crippen LogP contribution in [0.5, 0.6) is 5.75 Å². The van der Waals surface area contributed by atoms with E-state index in [1.807, 2.05) is 0 Å². The lowest BCUT2D eigenvalue weighted by Crippen LogP contribution is -2.08. The first-order chi connectivity index (χ1) is 9.60. The first kappa shape index (κ1) is 16.2. The summed E-state index contributed by atoms with van der Waals surface area (Å²) < 4.78 is 10.4. The van der Waals surface area contributed by atoms with Gasteiger partial charge in [0.1, 0.15) is 11.3 Å². The van der Waals surface area contributed by atoms with Crippen LogP contribution in [0.1, 0.15) is 60.2 Å². The number of ether oxygens (including phenoxy) is 2. The predicted molar refractivity (Wildman–Crippen MR) is 77.4 cm³/mol. The number of carbonyl (C=O) groups excluding carboxylic acids is 2. The maximum atomic E-state index is 11.7. The van der Waals surface area contributed by atoms with E-state index in [0.717, 1.165) is 12.8 Å². The molecule has 0 unspecified atom stereocenters. The molecule has 0 aromatic heterocycles. The molecule has 0 radical (unpaired) electrons. The van der Waals surface area contributed by atoms with Crippen molar-refractivity contribution in [3.63, 3.8) is 0 Å². The Balaban J connectivity index is 2.78. The van der Waals surface area contributed by atoms with Gasteiger partial charge in [-0.2, -0.15) is 0 Å². The Labute approximate surface area is 120 Å². The fourth-order valence-electron chi connectivity index (χ4n) is 1.86. The second-order valence-electron chi connectivity index (χ2n) is 4.67. The van der Waals surface area contributed by atoms with E-state index in [2.05, 4.69) is 6.92 Å². The van der Waals surface area contributed by atoms with Gasteiger partial charge in [0, 0.05) is 5.56 Å². The second-order valence-corrected chi connectivity index (χ2v) is 4.67. The molecule has 0 fully saturated rings. The fraction of sp³-hybridized carbons (Fsp3) is 0.500. The molecule has 0 aliphatic carbocycles. The number of Topliss-reactive ketones (excluding diaryl/α,β-unsaturated/α-hetero) is 1. The number of esters is 1. The molecule has 0 heterocycles. The summed E-state index contributed by atoms with van der Waals surface area (Å²) in [6, 6.07) is 4.84. The van der Waals surface area contributed by atoms with Gasteiger partial charge in [-0.15, -0.1) is 0 Å². The molecule has 0 atom stereocenters. The standard InChI is InChI=1S/C16H22O4/c1-4-5-6-7-10-20-15-9-8-13(12(2)17)11-14(15)16(18)19-3/h8-9,11H,4-7,10H2,1-3H3. The highest BCUT2D eigenvalue weighted by molar-refractivity contribution is 5.99. The van der Waals surface area contributed by atoms with Crippen molar-refractivity contribution in [2.24, 2.45) is 0 Å². The molecule has 0 saturated carbocycles. The summed E-state index contributed by atoms with van der Waals surface area (Å²) in [5.74, 6) is -0.111. The molecule has 0 aliphatic rings. The summed E-state index contributed by atoms with van der Waals surface area (Å²) in [6.45, 7) is 4.17. The van der Waals surface area contributed by atoms with Gasteiger partial charge in [-0.3, -0.25) is 4.79 Å². The number of rotatable bonds is 8. The van der Waals surface area contributed by atoms with Gasteiger partial charge in [-0.05, 0) is 31.5 Å². The van der Waals surface area contributed by atoms with E-state index in [0.29, 0.717) is 23.5 Å². The van der Waals surface area contributed by atoms with Crippen LogP contribution in [-0.4, -0.2) is 25.5 Å². The lowest BCUT2D eigenvalue weighted by molar-refractivity contribution is 0.0596. The molecule has 1 aromatic carbocycles. The predicted octanol–water partition coefficient (Wildman–Crippen LogP) is 3.63. The van der Waals surface area contributed by atoms with Crippen LogP contribution in [0, 0.1) is 0 Å². The van der Waals surface area contributed by atoms with Crippen molar-refractivity contribution in [2.45, 2.75) is 39.5 Å². The van der Waals surface area contributed by atoms with E-state index in [1.54, 1.807) is 12.1 Å². The minimum absolute atomic E-state index is 0.0929. The summed E-state index contributed by atoms with van der Waals surface area (Å²) in [5.41, 5.74) is 0.777. The van der Waals surface area contributed by atoms with Crippen LogP contribution in [0.15, 0.2) is 18.2 Å². The van der Waals surface area contributed by atoms with Gasteiger partial charge in [0.05, 0.1) is 13.7 Å². The number of methoxy groups -OCH3 is 1. The molecule has 0 N–H and O–H groups in total. The zero-order chi connectivity index (χ0) is 15.0. The van der Waals surface area contributed by atoms with Crippen LogP contribution < -0.4 is 4.74 Å². The normalized spacial score (nSPS) is 10.2. The summed E-state index contributed by atoms with van der Waals surface area (Å²) in [4.78, 5) is 23.1. The summed E-state index contributed by atoms with van der Waals surface area (Å²) >= 11 is 0. The van der Waals surface area contributed by atoms with Crippen molar-refractivity contribution in [2.75, 3.05) is 13.7 Å². The van der Waals surface area contributed by atoms with Crippen LogP contribution >= 0.6 is 0 Å². The van der Waals surface area contributed by atoms with Crippen molar-refractivity contribution in [3.05, 3.63) is 29.3 Å². The third-order valence-corrected chi connectivity index (χ3v) is 3.05. The van der Waals surface area contributed by atoms with E-state index < -0.39 is 5.97 Å². The lowest BCUT2D eigenvalue weighted by Gasteiger charge is -2.11. The summed E-state index contributed by atoms with van der Waals surface area (Å²) in [6.07, 6.45) is 4.40. The average Bonchev–Trinajstić information content (AvgIpc) is 2.46. The van der Waals surface area contributed by atoms with Gasteiger partial charge in [-0.1, -0.05) is 26.2 Å². The highest BCUT2D eigenvalue weighted by atomic mass is 16.5. The third-order valence-electron chi connectivity index (χ3n) is 3.05. The number of hydrogen-bond acceptors (Lipinski definition) is 4. The quantitative estimate of drug-likeness (QED) is 0.414. The van der Waals surface area contributed by atoms with E-state index in [4.69, 9.17) is 9.47 Å². The molecule has 4 nitrogen and oxygen atoms in total. The number of ketones is 1. The van der Waals surface area contributed by atoms with E-state index in [-0.39, 0.29) is 5.78 Å². The van der Waals surface area contributed by atoms with Crippen molar-refractivity contribution in [1.29, 1.82) is 0 Å². The number of unbranched alkanes of at least 4 members (excludes halogenated alkanes) is 3. The molecule has 0 saturated heterocycles. The molecular weight excluding hydrogens is 256 g/mol. The third kappa shape index (κ3) is 4.68. The van der Waals surface area contributed by atoms with Gasteiger partial charge in [0.25, 0.3) is 0 Å². The van der Waals surface area contributed by atoms with Crippen LogP contribution in [0.4, 0.5) is 0 Å². The molecule has 4 heteroatoms. The largest absolute Gasteiger partial charge is 0.493 e. The van der Waals surface area contributed by atoms with Crippen molar-refractivity contribution in [1.82, 2.24) is 0 Å². The molecule has 20 heavy (non-hydrogen) atoms. The summed E-state index contributed by atoms with van der Waals surface area (Å²) in [7, 11) is 1.31. The van der Waals surface area contributed by atoms with Crippen molar-refractivity contribution >= 4 is 11.8 Å². The van der Waals surface area contributed by atoms with E-state index in [9.17, 15) is 9.59 Å². The lowest BCUT2D eigenvalue weighted by atomic mass is 10.1. The van der Waals surface area contributed by atoms with Gasteiger partial charge in [0.15, 0.2) is 5.78 Å². The maximum Gasteiger partial charge on any atom is 0.341 e. The maximum absolute atomic E-state index is 11.7. The van der Waals surface area contributed by atoms with Gasteiger partial charge in [-0.25, -0.2) is 4.79 Å². The number of carbonyl (C=O) groups is 2. The van der Waals surface area contributed by atoms with Gasteiger partial charge in [0.2, 0.25) is 0 Å². The first-order valence-corrected chi connectivity index (χ1v) is 6.96. The van der Waals surface area contributed by atoms with E-state index in [1.165, 1.54) is 32.9 Å². The molecule has 110 valence electrons. The van der Waals surface area contributed by atoms with Crippen LogP contribution in [-0.2, 0) is 4.74 Å². The monoisotopic (exact) mass is 278 g/mol. The Bertz CT molecular complexity index is 466. The smallest absolute Gasteiger partial charge is 0.341 e. The Hall–Kier alpha value is -1.84. The number of hydrogen-bond donors (Lipinski definition) is 0. The molecule has 0 bridgehead atoms. The SMILES string of the molecule is CCCCCCOc1ccc(C(C)=O)cc1C(=O)OC. The second kappa shape index (κ2) is 8.35. The minimum atomic E-state index is -0.489. The van der Waals surface area contributed by atoms with Crippen LogP contribution in [0.25, 0.3) is 0 Å². The first-order valence-electron chi connectivity index (χ1n) is 6.96. The van der Waals surface area contributed by atoms with E-state index >= 15 is 0 Å². The van der Waals surface area contributed by atoms with Crippen LogP contribution in [0.2, 0.25) is 0 Å². The topological polar surface area (TPSA) is 52.6 Å². The molecule has 1 aromatic rings. The van der Waals surface area contributed by atoms with Gasteiger partial charge >= 0.3 is 5.97 Å². The van der Waals surface area contributed by atoms with Crippen molar-refractivity contribution < 1.29 is 19.1 Å². The zero-order valence-electron chi connectivity index (χ0n) is 12.4. The zero-order valence-corrected chi connectivity index (χ0v) is 12.4. The Morgan fingerprint density at radius 1 is 1.15 bits per heavy atom. The van der Waals surface area contributed by atoms with Gasteiger partial charge < -0.3 is 9.47 Å². The molecule has 0 aliphatic heterocycles. The molecule has 0 spiro atoms. The van der Waals surface area contributed by atoms with Crippen molar-refractivity contribution in [3.8, 4) is 5.75 Å². The molecular formula is C16H22O4. The fourth-order valence-corrected chi connectivity index (χ4v) is 1.86. The van der Waals surface area contributed by atoms with Crippen LogP contribution in [0.3, 0.4) is 0 Å². The highest BCUT2D eigenvalue weighted by Gasteiger charge is 2.15. The highest BCUT2D eigenvalue weighted by Crippen LogP contribution is 2.22. The molecule has 1 rings (SSSR count). The average molecular weight is 278 g/mol. The Kier molecular flexibility index (Phi) is 6.77. The molecule has 0 amide bonds. The number of benzene rings is 1. The Morgan fingerprint density at radius 2 is 1.90 bits per heavy atom. The Morgan fingerprint density at radius 3 is 2.50 bits per heavy atom. The summed E-state index contributed by atoms with van der Waals surface area (Å²) in [5, 5.41) is 0.